The third-order valence-electron chi connectivity index (χ3n) is 3.20. The van der Waals surface area contributed by atoms with E-state index in [1.54, 1.807) is 0 Å². The molecular weight excluding hydrogens is 160 g/mol. The topological polar surface area (TPSA) is 17.1 Å². The highest BCUT2D eigenvalue weighted by Gasteiger charge is 2.42. The van der Waals surface area contributed by atoms with Crippen LogP contribution in [-0.4, -0.2) is 5.78 Å². The maximum Gasteiger partial charge on any atom is 0.194 e. The van der Waals surface area contributed by atoms with Gasteiger partial charge < -0.3 is 0 Å². The first kappa shape index (κ1) is 5.92. The number of hydrogen-bond donors (Lipinski definition) is 0. The van der Waals surface area contributed by atoms with Crippen molar-refractivity contribution < 1.29 is 4.79 Å². The molecule has 0 amide bonds. The monoisotopic (exact) mass is 166 g/mol. The van der Waals surface area contributed by atoms with Crippen LogP contribution in [0.15, 0.2) is 57.7 Å². The fraction of sp³-hybridized carbons (Fsp3) is 0.0833. The van der Waals surface area contributed by atoms with Crippen LogP contribution in [0.3, 0.4) is 0 Å². The maximum absolute atomic E-state index is 11.7. The Balaban J connectivity index is 2.21. The summed E-state index contributed by atoms with van der Waals surface area (Å²) in [6, 6.07) is 0. The van der Waals surface area contributed by atoms with Gasteiger partial charge in [0.25, 0.3) is 0 Å². The van der Waals surface area contributed by atoms with Gasteiger partial charge in [0.1, 0.15) is 0 Å². The highest BCUT2D eigenvalue weighted by atomic mass is 16.1. The average molecular weight is 166 g/mol. The molecule has 0 atom stereocenters. The van der Waals surface area contributed by atoms with E-state index in [2.05, 4.69) is 12.2 Å². The van der Waals surface area contributed by atoms with Crippen molar-refractivity contribution in [3.05, 3.63) is 57.7 Å². The van der Waals surface area contributed by atoms with E-state index in [9.17, 15) is 4.79 Å². The van der Waals surface area contributed by atoms with Gasteiger partial charge in [0.05, 0.1) is 0 Å². The van der Waals surface area contributed by atoms with Gasteiger partial charge in [-0.2, -0.15) is 0 Å². The molecule has 0 saturated heterocycles. The minimum atomic E-state index is 0.239. The second-order valence-corrected chi connectivity index (χ2v) is 3.80. The van der Waals surface area contributed by atoms with Crippen LogP contribution in [0.4, 0.5) is 0 Å². The fourth-order valence-corrected chi connectivity index (χ4v) is 2.66. The molecule has 0 aliphatic heterocycles. The molecule has 60 valence electrons. The number of fused-ring (bicyclic) bond motifs is 7. The SMILES string of the molecule is O=C1C2=CC=C1C1=C3C=CC(=C21)C3. The Morgan fingerprint density at radius 1 is 0.923 bits per heavy atom. The van der Waals surface area contributed by atoms with E-state index in [4.69, 9.17) is 0 Å². The van der Waals surface area contributed by atoms with Crippen LogP contribution in [-0.2, 0) is 4.79 Å². The van der Waals surface area contributed by atoms with Crippen molar-refractivity contribution in [2.24, 2.45) is 0 Å². The predicted octanol–water partition coefficient (Wildman–Crippen LogP) is 2.00. The molecule has 0 spiro atoms. The van der Waals surface area contributed by atoms with Crippen molar-refractivity contribution in [3.63, 3.8) is 0 Å². The predicted molar refractivity (Wildman–Crippen MR) is 49.0 cm³/mol. The molecule has 1 saturated carbocycles. The van der Waals surface area contributed by atoms with Gasteiger partial charge in [0, 0.05) is 11.1 Å². The third kappa shape index (κ3) is 0.446. The Morgan fingerprint density at radius 3 is 2.00 bits per heavy atom. The molecule has 1 fully saturated rings. The van der Waals surface area contributed by atoms with Gasteiger partial charge in [-0.25, -0.2) is 0 Å². The largest absolute Gasteiger partial charge is 0.289 e. The van der Waals surface area contributed by atoms with Crippen molar-refractivity contribution in [3.8, 4) is 0 Å². The number of hydrogen-bond acceptors (Lipinski definition) is 1. The molecule has 0 heterocycles. The average Bonchev–Trinajstić information content (AvgIpc) is 2.84. The summed E-state index contributed by atoms with van der Waals surface area (Å²) in [4.78, 5) is 11.7. The van der Waals surface area contributed by atoms with Crippen LogP contribution >= 0.6 is 0 Å². The summed E-state index contributed by atoms with van der Waals surface area (Å²) in [6.45, 7) is 0. The first-order valence-corrected chi connectivity index (χ1v) is 4.48. The van der Waals surface area contributed by atoms with Crippen molar-refractivity contribution in [2.45, 2.75) is 6.42 Å². The lowest BCUT2D eigenvalue weighted by Gasteiger charge is -2.04. The number of rotatable bonds is 0. The van der Waals surface area contributed by atoms with Crippen LogP contribution < -0.4 is 0 Å². The zero-order valence-electron chi connectivity index (χ0n) is 6.92. The highest BCUT2D eigenvalue weighted by molar-refractivity contribution is 6.24. The standard InChI is InChI=1S/C12H6O/c13-12-8-3-4-9(12)11-7-2-1-6(5-7)10(8)11/h1-4H,5H2. The third-order valence-corrected chi connectivity index (χ3v) is 3.20. The van der Waals surface area contributed by atoms with Gasteiger partial charge in [-0.05, 0) is 40.9 Å². The van der Waals surface area contributed by atoms with Crippen LogP contribution in [0.5, 0.6) is 0 Å². The summed E-state index contributed by atoms with van der Waals surface area (Å²) in [5.41, 5.74) is 7.01. The van der Waals surface area contributed by atoms with E-state index in [0.717, 1.165) is 17.6 Å². The Bertz CT molecular complexity index is 487. The lowest BCUT2D eigenvalue weighted by molar-refractivity contribution is -0.111. The number of carbonyl (C=O) groups excluding carboxylic acids is 1. The number of ketones is 1. The van der Waals surface area contributed by atoms with Crippen LogP contribution in [0.2, 0.25) is 0 Å². The fourth-order valence-electron chi connectivity index (χ4n) is 2.66. The van der Waals surface area contributed by atoms with Crippen LogP contribution in [0, 0.1) is 0 Å². The van der Waals surface area contributed by atoms with Gasteiger partial charge in [-0.15, -0.1) is 0 Å². The first-order chi connectivity index (χ1) is 6.36. The number of carbonyl (C=O) groups is 1. The van der Waals surface area contributed by atoms with Crippen LogP contribution in [0.1, 0.15) is 6.42 Å². The van der Waals surface area contributed by atoms with Crippen molar-refractivity contribution >= 4 is 5.78 Å². The Labute approximate surface area is 75.4 Å². The summed E-state index contributed by atoms with van der Waals surface area (Å²) >= 11 is 0. The Kier molecular flexibility index (Phi) is 0.698. The van der Waals surface area contributed by atoms with E-state index in [1.807, 2.05) is 12.2 Å². The molecule has 1 heteroatoms. The van der Waals surface area contributed by atoms with E-state index in [1.165, 1.54) is 22.3 Å². The van der Waals surface area contributed by atoms with Gasteiger partial charge in [0.15, 0.2) is 5.78 Å². The Hall–Kier alpha value is -1.63. The minimum Gasteiger partial charge on any atom is -0.289 e. The van der Waals surface area contributed by atoms with E-state index in [0.29, 0.717) is 0 Å². The molecule has 0 N–H and O–H groups in total. The molecule has 4 bridgehead atoms. The lowest BCUT2D eigenvalue weighted by atomic mass is 9.98. The van der Waals surface area contributed by atoms with E-state index < -0.39 is 0 Å². The summed E-state index contributed by atoms with van der Waals surface area (Å²) in [5, 5.41) is 0. The molecule has 0 radical (unpaired) electrons. The molecule has 4 aliphatic carbocycles. The molecular formula is C12H6O. The van der Waals surface area contributed by atoms with E-state index >= 15 is 0 Å². The van der Waals surface area contributed by atoms with Crippen molar-refractivity contribution in [1.29, 1.82) is 0 Å². The van der Waals surface area contributed by atoms with Gasteiger partial charge in [-0.1, -0.05) is 12.2 Å². The van der Waals surface area contributed by atoms with Gasteiger partial charge >= 0.3 is 0 Å². The quantitative estimate of drug-likeness (QED) is 0.538. The highest BCUT2D eigenvalue weighted by Crippen LogP contribution is 2.52. The lowest BCUT2D eigenvalue weighted by Crippen LogP contribution is -1.91. The normalized spacial score (nSPS) is 26.3. The zero-order valence-corrected chi connectivity index (χ0v) is 6.92. The second-order valence-electron chi connectivity index (χ2n) is 3.80. The second kappa shape index (κ2) is 1.53. The molecule has 0 aromatic carbocycles. The summed E-state index contributed by atoms with van der Waals surface area (Å²) in [6.07, 6.45) is 9.25. The first-order valence-electron chi connectivity index (χ1n) is 4.48. The molecule has 0 unspecified atom stereocenters. The number of allylic oxidation sites excluding steroid dienone is 10. The zero-order chi connectivity index (χ0) is 8.58. The smallest absolute Gasteiger partial charge is 0.194 e. The maximum atomic E-state index is 11.7. The van der Waals surface area contributed by atoms with Crippen molar-refractivity contribution in [1.82, 2.24) is 0 Å². The molecule has 0 aromatic heterocycles. The Morgan fingerprint density at radius 2 is 1.46 bits per heavy atom. The minimum absolute atomic E-state index is 0.239. The molecule has 4 aliphatic rings. The summed E-state index contributed by atoms with van der Waals surface area (Å²) < 4.78 is 0. The molecule has 0 aromatic rings. The molecule has 1 nitrogen and oxygen atoms in total. The summed E-state index contributed by atoms with van der Waals surface area (Å²) in [7, 11) is 0. The van der Waals surface area contributed by atoms with E-state index in [-0.39, 0.29) is 5.78 Å². The molecule has 4 rings (SSSR count). The number of Topliss-reactive ketones (excluding diaryl/α,β-unsaturated/α-hetero) is 1. The van der Waals surface area contributed by atoms with Gasteiger partial charge in [0.2, 0.25) is 0 Å². The summed E-state index contributed by atoms with van der Waals surface area (Å²) in [5.74, 6) is 0.239. The van der Waals surface area contributed by atoms with Crippen molar-refractivity contribution in [2.75, 3.05) is 0 Å². The van der Waals surface area contributed by atoms with Gasteiger partial charge in [-0.3, -0.25) is 4.79 Å². The van der Waals surface area contributed by atoms with Crippen LogP contribution in [0.25, 0.3) is 0 Å². The molecule has 13 heavy (non-hydrogen) atoms.